The van der Waals surface area contributed by atoms with Crippen LogP contribution in [0.1, 0.15) is 36.4 Å². The van der Waals surface area contributed by atoms with Gasteiger partial charge in [-0.25, -0.2) is 0 Å². The molecule has 0 amide bonds. The number of hydrogen-bond acceptors (Lipinski definition) is 3. The van der Waals surface area contributed by atoms with Gasteiger partial charge in [-0.2, -0.15) is 0 Å². The van der Waals surface area contributed by atoms with E-state index < -0.39 is 0 Å². The van der Waals surface area contributed by atoms with Gasteiger partial charge in [0.05, 0.1) is 4.88 Å². The zero-order valence-electron chi connectivity index (χ0n) is 11.0. The van der Waals surface area contributed by atoms with Gasteiger partial charge in [-0.15, -0.1) is 11.3 Å². The minimum atomic E-state index is 0.805. The van der Waals surface area contributed by atoms with E-state index in [1.807, 2.05) is 6.07 Å². The topological polar surface area (TPSA) is 20.3 Å². The van der Waals surface area contributed by atoms with Gasteiger partial charge < -0.3 is 4.90 Å². The van der Waals surface area contributed by atoms with Crippen molar-refractivity contribution in [2.24, 2.45) is 0 Å². The Morgan fingerprint density at radius 3 is 2.50 bits per heavy atom. The number of benzene rings is 1. The number of thiophene rings is 1. The van der Waals surface area contributed by atoms with Crippen molar-refractivity contribution in [3.63, 3.8) is 0 Å². The first-order valence-corrected chi connectivity index (χ1v) is 7.33. The minimum Gasteiger partial charge on any atom is -0.372 e. The van der Waals surface area contributed by atoms with E-state index in [-0.39, 0.29) is 0 Å². The van der Waals surface area contributed by atoms with E-state index in [9.17, 15) is 4.79 Å². The number of rotatable bonds is 6. The molecule has 0 saturated heterocycles. The average molecular weight is 261 g/mol. The molecule has 2 aromatic rings. The molecule has 1 heterocycles. The lowest BCUT2D eigenvalue weighted by Gasteiger charge is -2.23. The van der Waals surface area contributed by atoms with Crippen LogP contribution in [-0.4, -0.2) is 19.4 Å². The first-order chi connectivity index (χ1) is 8.78. The highest BCUT2D eigenvalue weighted by Gasteiger charge is 2.07. The number of anilines is 1. The Hall–Kier alpha value is -1.35. The molecule has 0 fully saturated rings. The second kappa shape index (κ2) is 6.01. The van der Waals surface area contributed by atoms with Crippen molar-refractivity contribution in [3.05, 3.63) is 29.1 Å². The fraction of sp³-hybridized carbons (Fsp3) is 0.400. The fourth-order valence-corrected chi connectivity index (χ4v) is 3.12. The predicted molar refractivity (Wildman–Crippen MR) is 80.0 cm³/mol. The number of hydrogen-bond donors (Lipinski definition) is 0. The quantitative estimate of drug-likeness (QED) is 0.721. The predicted octanol–water partition coefficient (Wildman–Crippen LogP) is 4.34. The van der Waals surface area contributed by atoms with Crippen LogP contribution in [0.15, 0.2) is 24.3 Å². The summed E-state index contributed by atoms with van der Waals surface area (Å²) in [6, 6.07) is 8.44. The number of aldehydes is 1. The van der Waals surface area contributed by atoms with Crippen LogP contribution in [-0.2, 0) is 0 Å². The van der Waals surface area contributed by atoms with Gasteiger partial charge in [-0.3, -0.25) is 4.79 Å². The maximum absolute atomic E-state index is 10.8. The monoisotopic (exact) mass is 261 g/mol. The van der Waals surface area contributed by atoms with Gasteiger partial charge >= 0.3 is 0 Å². The summed E-state index contributed by atoms with van der Waals surface area (Å²) in [5.41, 5.74) is 1.27. The molecule has 1 aromatic carbocycles. The maximum Gasteiger partial charge on any atom is 0.160 e. The normalized spacial score (nSPS) is 10.8. The first-order valence-electron chi connectivity index (χ1n) is 6.52. The molecule has 2 nitrogen and oxygen atoms in total. The molecule has 0 spiro atoms. The van der Waals surface area contributed by atoms with Crippen molar-refractivity contribution in [1.29, 1.82) is 0 Å². The summed E-state index contributed by atoms with van der Waals surface area (Å²) < 4.78 is 1.20. The molecule has 0 aliphatic heterocycles. The molecule has 0 radical (unpaired) electrons. The van der Waals surface area contributed by atoms with Gasteiger partial charge in [0.1, 0.15) is 0 Å². The first kappa shape index (κ1) is 13.1. The second-order valence-electron chi connectivity index (χ2n) is 4.48. The maximum atomic E-state index is 10.8. The number of carbonyl (C=O) groups excluding carboxylic acids is 1. The Kier molecular flexibility index (Phi) is 4.37. The molecular weight excluding hydrogens is 242 g/mol. The van der Waals surface area contributed by atoms with Gasteiger partial charge in [0, 0.05) is 23.5 Å². The Labute approximate surface area is 112 Å². The van der Waals surface area contributed by atoms with Crippen molar-refractivity contribution in [2.45, 2.75) is 26.7 Å². The van der Waals surface area contributed by atoms with Crippen LogP contribution in [0.4, 0.5) is 5.69 Å². The molecule has 96 valence electrons. The summed E-state index contributed by atoms with van der Waals surface area (Å²) in [5, 5.41) is 1.17. The molecule has 0 atom stereocenters. The van der Waals surface area contributed by atoms with Crippen molar-refractivity contribution < 1.29 is 4.79 Å². The smallest absolute Gasteiger partial charge is 0.160 e. The third-order valence-electron chi connectivity index (χ3n) is 2.99. The number of nitrogens with zero attached hydrogens (tertiary/aromatic N) is 1. The summed E-state index contributed by atoms with van der Waals surface area (Å²) in [4.78, 5) is 14.0. The molecule has 2 rings (SSSR count). The highest BCUT2D eigenvalue weighted by Crippen LogP contribution is 2.29. The zero-order valence-corrected chi connectivity index (χ0v) is 11.8. The summed E-state index contributed by atoms with van der Waals surface area (Å²) in [6.45, 7) is 6.59. The molecule has 0 aliphatic carbocycles. The molecule has 1 aromatic heterocycles. The van der Waals surface area contributed by atoms with E-state index in [1.165, 1.54) is 15.8 Å². The lowest BCUT2D eigenvalue weighted by atomic mass is 10.2. The van der Waals surface area contributed by atoms with Gasteiger partial charge in [0.15, 0.2) is 6.29 Å². The summed E-state index contributed by atoms with van der Waals surface area (Å²) in [7, 11) is 0. The zero-order chi connectivity index (χ0) is 13.0. The summed E-state index contributed by atoms with van der Waals surface area (Å²) in [5.74, 6) is 0. The van der Waals surface area contributed by atoms with Crippen molar-refractivity contribution >= 4 is 33.4 Å². The van der Waals surface area contributed by atoms with Crippen LogP contribution < -0.4 is 4.90 Å². The largest absolute Gasteiger partial charge is 0.372 e. The molecule has 18 heavy (non-hydrogen) atoms. The van der Waals surface area contributed by atoms with Crippen LogP contribution in [0.5, 0.6) is 0 Å². The van der Waals surface area contributed by atoms with Crippen LogP contribution in [0.25, 0.3) is 10.1 Å². The molecule has 0 saturated carbocycles. The molecule has 0 aliphatic rings. The van der Waals surface area contributed by atoms with Crippen LogP contribution in [0, 0.1) is 0 Å². The van der Waals surface area contributed by atoms with E-state index in [0.29, 0.717) is 0 Å². The second-order valence-corrected chi connectivity index (χ2v) is 5.59. The van der Waals surface area contributed by atoms with Gasteiger partial charge in [0.2, 0.25) is 0 Å². The lowest BCUT2D eigenvalue weighted by molar-refractivity contribution is 0.112. The molecule has 0 bridgehead atoms. The third kappa shape index (κ3) is 2.72. The minimum absolute atomic E-state index is 0.805. The molecule has 0 unspecified atom stereocenters. The van der Waals surface area contributed by atoms with E-state index in [2.05, 4.69) is 36.9 Å². The van der Waals surface area contributed by atoms with Crippen LogP contribution >= 0.6 is 11.3 Å². The molecule has 3 heteroatoms. The Morgan fingerprint density at radius 1 is 1.17 bits per heavy atom. The third-order valence-corrected chi connectivity index (χ3v) is 4.01. The highest BCUT2D eigenvalue weighted by molar-refractivity contribution is 7.20. The Balaban J connectivity index is 2.34. The lowest BCUT2D eigenvalue weighted by Crippen LogP contribution is -2.24. The number of carbonyl (C=O) groups is 1. The highest BCUT2D eigenvalue weighted by atomic mass is 32.1. The van der Waals surface area contributed by atoms with E-state index in [4.69, 9.17) is 0 Å². The SMILES string of the molecule is CCCN(CCC)c1ccc2cc(C=O)sc2c1. The molecule has 0 N–H and O–H groups in total. The van der Waals surface area contributed by atoms with Crippen molar-refractivity contribution in [2.75, 3.05) is 18.0 Å². The van der Waals surface area contributed by atoms with Crippen LogP contribution in [0.3, 0.4) is 0 Å². The van der Waals surface area contributed by atoms with E-state index in [0.717, 1.165) is 37.1 Å². The number of fused-ring (bicyclic) bond motifs is 1. The van der Waals surface area contributed by atoms with Crippen molar-refractivity contribution in [3.8, 4) is 0 Å². The van der Waals surface area contributed by atoms with E-state index >= 15 is 0 Å². The van der Waals surface area contributed by atoms with Gasteiger partial charge in [-0.1, -0.05) is 19.9 Å². The Bertz CT molecular complexity index is 526. The standard InChI is InChI=1S/C15H19NOS/c1-3-7-16(8-4-2)13-6-5-12-9-14(11-17)18-15(12)10-13/h5-6,9-11H,3-4,7-8H2,1-2H3. The Morgan fingerprint density at radius 2 is 1.89 bits per heavy atom. The van der Waals surface area contributed by atoms with Crippen LogP contribution in [0.2, 0.25) is 0 Å². The van der Waals surface area contributed by atoms with E-state index in [1.54, 1.807) is 11.3 Å². The summed E-state index contributed by atoms with van der Waals surface area (Å²) >= 11 is 1.57. The fourth-order valence-electron chi connectivity index (χ4n) is 2.20. The van der Waals surface area contributed by atoms with Crippen molar-refractivity contribution in [1.82, 2.24) is 0 Å². The summed E-state index contributed by atoms with van der Waals surface area (Å²) in [6.07, 6.45) is 3.24. The van der Waals surface area contributed by atoms with Gasteiger partial charge in [0.25, 0.3) is 0 Å². The van der Waals surface area contributed by atoms with Gasteiger partial charge in [-0.05, 0) is 36.4 Å². The molecular formula is C15H19NOS. The average Bonchev–Trinajstić information content (AvgIpc) is 2.80.